The maximum atomic E-state index is 8.93. The molecule has 0 N–H and O–H groups in total. The molecule has 0 aromatic carbocycles. The van der Waals surface area contributed by atoms with E-state index in [1.54, 1.807) is 0 Å². The molecule has 0 saturated carbocycles. The van der Waals surface area contributed by atoms with Crippen LogP contribution in [0.15, 0.2) is 0 Å². The number of hydrogen-bond acceptors (Lipinski definition) is 8. The van der Waals surface area contributed by atoms with Crippen molar-refractivity contribution in [1.82, 2.24) is 0 Å². The maximum Gasteiger partial charge on any atom is 4.00 e. The first-order valence-corrected chi connectivity index (χ1v) is 2.13. The van der Waals surface area contributed by atoms with Crippen molar-refractivity contribution in [2.45, 2.75) is 0 Å². The smallest absolute Gasteiger partial charge is 2.00 e. The van der Waals surface area contributed by atoms with Crippen LogP contribution in [0.2, 0.25) is 0 Å². The Morgan fingerprint density at radius 1 is 0.562 bits per heavy atom. The fraction of sp³-hybridized carbons (Fsp3) is 0. The van der Waals surface area contributed by atoms with Gasteiger partial charge in [-0.1, -0.05) is 0 Å². The van der Waals surface area contributed by atoms with Gasteiger partial charge in [-0.3, -0.25) is 0 Å². The first kappa shape index (κ1) is 36.1. The number of carboxylic acid groups (broad SMARTS) is 4. The predicted molar refractivity (Wildman–Crippen MR) is 20.7 cm³/mol. The van der Waals surface area contributed by atoms with Gasteiger partial charge in [-0.2, -0.15) is 0 Å². The summed E-state index contributed by atoms with van der Waals surface area (Å²) in [6.07, 6.45) is 0. The number of rotatable bonds is 0. The van der Waals surface area contributed by atoms with Crippen molar-refractivity contribution in [3.05, 3.63) is 0 Å². The molecule has 0 rings (SSSR count). The average molecular weight is 318 g/mol. The van der Waals surface area contributed by atoms with Gasteiger partial charge < -0.3 is 45.1 Å². The van der Waals surface area contributed by atoms with E-state index < -0.39 is 23.9 Å². The molecule has 0 spiro atoms. The molecular weight excluding hydrogens is 318 g/mol. The zero-order chi connectivity index (χ0) is 10.3. The van der Waals surface area contributed by atoms with Gasteiger partial charge in [-0.25, -0.2) is 0 Å². The van der Waals surface area contributed by atoms with Crippen LogP contribution < -0.4 is 123 Å². The van der Waals surface area contributed by atoms with E-state index in [2.05, 4.69) is 0 Å². The molecule has 16 heavy (non-hydrogen) atoms. The number of carbonyl (C=O) groups is 4. The molecule has 0 atom stereocenters. The summed E-state index contributed by atoms with van der Waals surface area (Å²) in [5.74, 6) is -8.74. The van der Waals surface area contributed by atoms with Gasteiger partial charge in [0.15, 0.2) is 0 Å². The second-order valence-electron chi connectivity index (χ2n) is 1.15. The largest absolute Gasteiger partial charge is 4.00 e. The summed E-state index contributed by atoms with van der Waals surface area (Å²) < 4.78 is 0. The van der Waals surface area contributed by atoms with Crippen LogP contribution in [0.25, 0.3) is 0 Å². The van der Waals surface area contributed by atoms with Gasteiger partial charge in [0.05, 0.1) is 23.9 Å². The summed E-state index contributed by atoms with van der Waals surface area (Å²) in [6, 6.07) is 0. The molecule has 0 aromatic rings. The normalized spacial score (nSPS) is 5.50. The monoisotopic (exact) mass is 318 g/mol. The number of aliphatic carboxylic acids is 4. The third-order valence-electron chi connectivity index (χ3n) is 0.333. The zero-order valence-electron chi connectivity index (χ0n) is 8.17. The molecule has 0 aliphatic rings. The van der Waals surface area contributed by atoms with Crippen molar-refractivity contribution in [3.8, 4) is 0 Å². The van der Waals surface area contributed by atoms with E-state index in [1.165, 1.54) is 0 Å². The van der Waals surface area contributed by atoms with E-state index in [9.17, 15) is 0 Å². The van der Waals surface area contributed by atoms with Gasteiger partial charge in [0.25, 0.3) is 0 Å². The van der Waals surface area contributed by atoms with Crippen LogP contribution in [0, 0.1) is 0 Å². The minimum atomic E-state index is -2.19. The van der Waals surface area contributed by atoms with Crippen LogP contribution >= 0.6 is 0 Å². The van der Waals surface area contributed by atoms with E-state index in [0.29, 0.717) is 0 Å². The summed E-state index contributed by atoms with van der Waals surface area (Å²) in [6.45, 7) is 0. The van der Waals surface area contributed by atoms with E-state index >= 15 is 0 Å². The first-order valence-electron chi connectivity index (χ1n) is 2.13. The fourth-order valence-electron chi connectivity index (χ4n) is 0. The van der Waals surface area contributed by atoms with Crippen molar-refractivity contribution in [2.75, 3.05) is 0 Å². The molecule has 0 aliphatic heterocycles. The molecular formula is C4K2O9Ti. The zero-order valence-corrected chi connectivity index (χ0v) is 16.0. The van der Waals surface area contributed by atoms with E-state index in [4.69, 9.17) is 39.6 Å². The van der Waals surface area contributed by atoms with Crippen LogP contribution in [0.3, 0.4) is 0 Å². The SMILES string of the molecule is O=C([O-])C(=O)[O-].O=C([O-])C(=O)[O-].[K+].[K+].[O-2].[Ti+4]. The molecule has 0 bridgehead atoms. The summed E-state index contributed by atoms with van der Waals surface area (Å²) in [5.41, 5.74) is 0. The summed E-state index contributed by atoms with van der Waals surface area (Å²) in [4.78, 5) is 35.7. The number of carboxylic acids is 4. The van der Waals surface area contributed by atoms with Crippen molar-refractivity contribution in [3.63, 3.8) is 0 Å². The molecule has 0 radical (unpaired) electrons. The Labute approximate surface area is 189 Å². The molecule has 0 saturated heterocycles. The standard InChI is InChI=1S/2C2H2O4.2K.O.Ti/c2*3-1(4)2(5)6;;;;/h2*(H,3,4)(H,5,6);;;;/q;;2*+1;-2;+4/p-4. The summed E-state index contributed by atoms with van der Waals surface area (Å²) in [7, 11) is 0. The van der Waals surface area contributed by atoms with Gasteiger partial charge in [0, 0.05) is 0 Å². The van der Waals surface area contributed by atoms with Gasteiger partial charge in [-0.05, 0) is 0 Å². The molecule has 9 nitrogen and oxygen atoms in total. The van der Waals surface area contributed by atoms with Crippen LogP contribution in [0.5, 0.6) is 0 Å². The minimum Gasteiger partial charge on any atom is -2.00 e. The summed E-state index contributed by atoms with van der Waals surface area (Å²) in [5, 5.41) is 35.7. The Bertz CT molecular complexity index is 182. The number of carbonyl (C=O) groups excluding carboxylic acids is 4. The first-order chi connectivity index (χ1) is 5.29. The second kappa shape index (κ2) is 22.0. The molecule has 0 aliphatic carbocycles. The second-order valence-corrected chi connectivity index (χ2v) is 1.15. The molecule has 12 heteroatoms. The maximum absolute atomic E-state index is 8.93. The molecule has 0 aromatic heterocycles. The Morgan fingerprint density at radius 2 is 0.625 bits per heavy atom. The Morgan fingerprint density at radius 3 is 0.625 bits per heavy atom. The predicted octanol–water partition coefficient (Wildman–Crippen LogP) is -13.1. The Balaban J connectivity index is -0.0000000250. The molecule has 76 valence electrons. The fourth-order valence-corrected chi connectivity index (χ4v) is 0. The van der Waals surface area contributed by atoms with Gasteiger partial charge in [0.2, 0.25) is 0 Å². The van der Waals surface area contributed by atoms with Crippen LogP contribution in [-0.2, 0) is 46.4 Å². The van der Waals surface area contributed by atoms with Gasteiger partial charge >= 0.3 is 124 Å². The minimum absolute atomic E-state index is 0. The quantitative estimate of drug-likeness (QED) is 0.310. The Hall–Kier alpha value is 1.83. The van der Waals surface area contributed by atoms with Crippen LogP contribution in [-0.4, -0.2) is 23.9 Å². The van der Waals surface area contributed by atoms with E-state index in [-0.39, 0.29) is 130 Å². The average Bonchev–Trinajstić information content (AvgIpc) is 1.88. The van der Waals surface area contributed by atoms with E-state index in [0.717, 1.165) is 0 Å². The molecule has 0 heterocycles. The van der Waals surface area contributed by atoms with Crippen molar-refractivity contribution < 1.29 is 170 Å². The topological polar surface area (TPSA) is 189 Å². The summed E-state index contributed by atoms with van der Waals surface area (Å²) >= 11 is 0. The third kappa shape index (κ3) is 36.0. The Kier molecular flexibility index (Phi) is 49.7. The molecule has 0 fully saturated rings. The van der Waals surface area contributed by atoms with Crippen LogP contribution in [0.1, 0.15) is 0 Å². The van der Waals surface area contributed by atoms with Crippen molar-refractivity contribution >= 4 is 23.9 Å². The van der Waals surface area contributed by atoms with Crippen LogP contribution in [0.4, 0.5) is 0 Å². The van der Waals surface area contributed by atoms with Crippen molar-refractivity contribution in [1.29, 1.82) is 0 Å². The van der Waals surface area contributed by atoms with Gasteiger partial charge in [0.1, 0.15) is 0 Å². The number of hydrogen-bond donors (Lipinski definition) is 0. The van der Waals surface area contributed by atoms with Crippen molar-refractivity contribution in [2.24, 2.45) is 0 Å². The molecule has 0 unspecified atom stereocenters. The van der Waals surface area contributed by atoms with Gasteiger partial charge in [-0.15, -0.1) is 0 Å². The molecule has 0 amide bonds. The third-order valence-corrected chi connectivity index (χ3v) is 0.333. The van der Waals surface area contributed by atoms with E-state index in [1.807, 2.05) is 0 Å².